The Balaban J connectivity index is 1.80. The molecule has 1 aliphatic carbocycles. The maximum atomic E-state index is 6.47. The molecule has 0 unspecified atom stereocenters. The minimum Gasteiger partial charge on any atom is -0.497 e. The van der Waals surface area contributed by atoms with Crippen LogP contribution in [0.15, 0.2) is 60.7 Å². The molecule has 4 rings (SSSR count). The third kappa shape index (κ3) is 3.15. The number of hydrogen-bond donors (Lipinski definition) is 0. The molecule has 0 radical (unpaired) electrons. The lowest BCUT2D eigenvalue weighted by atomic mass is 10.0. The zero-order valence-corrected chi connectivity index (χ0v) is 14.6. The van der Waals surface area contributed by atoms with Crippen LogP contribution < -0.4 is 4.74 Å². The molecular formula is C21H17ClN2O. The molecular weight excluding hydrogens is 332 g/mol. The third-order valence-corrected chi connectivity index (χ3v) is 4.59. The maximum Gasteiger partial charge on any atom is 0.161 e. The molecule has 0 N–H and O–H groups in total. The average molecular weight is 349 g/mol. The van der Waals surface area contributed by atoms with E-state index in [1.807, 2.05) is 36.4 Å². The lowest BCUT2D eigenvalue weighted by molar-refractivity contribution is 0.415. The zero-order chi connectivity index (χ0) is 17.2. The van der Waals surface area contributed by atoms with Crippen LogP contribution in [0.3, 0.4) is 0 Å². The van der Waals surface area contributed by atoms with Crippen LogP contribution in [0.5, 0.6) is 5.75 Å². The van der Waals surface area contributed by atoms with E-state index >= 15 is 0 Å². The Labute approximate surface area is 151 Å². The molecule has 0 atom stereocenters. The van der Waals surface area contributed by atoms with Crippen LogP contribution in [-0.4, -0.2) is 17.1 Å². The highest BCUT2D eigenvalue weighted by atomic mass is 35.5. The van der Waals surface area contributed by atoms with E-state index in [9.17, 15) is 0 Å². The molecule has 0 aliphatic heterocycles. The predicted molar refractivity (Wildman–Crippen MR) is 103 cm³/mol. The second-order valence-corrected chi connectivity index (χ2v) is 6.30. The van der Waals surface area contributed by atoms with Gasteiger partial charge in [-0.3, -0.25) is 0 Å². The van der Waals surface area contributed by atoms with Crippen LogP contribution in [0.4, 0.5) is 0 Å². The second kappa shape index (κ2) is 6.69. The molecule has 1 aromatic heterocycles. The van der Waals surface area contributed by atoms with E-state index < -0.39 is 0 Å². The van der Waals surface area contributed by atoms with Gasteiger partial charge in [-0.15, -0.1) is 0 Å². The summed E-state index contributed by atoms with van der Waals surface area (Å²) in [5.41, 5.74) is 4.01. The molecule has 4 heteroatoms. The van der Waals surface area contributed by atoms with Crippen LogP contribution in [0, 0.1) is 0 Å². The van der Waals surface area contributed by atoms with Crippen molar-refractivity contribution in [3.8, 4) is 16.9 Å². The van der Waals surface area contributed by atoms with Gasteiger partial charge in [0.25, 0.3) is 0 Å². The molecule has 0 bridgehead atoms. The van der Waals surface area contributed by atoms with Crippen molar-refractivity contribution in [1.82, 2.24) is 9.97 Å². The highest BCUT2D eigenvalue weighted by Gasteiger charge is 2.11. The summed E-state index contributed by atoms with van der Waals surface area (Å²) in [5.74, 6) is 1.51. The molecule has 1 heterocycles. The fraction of sp³-hybridized carbons (Fsp3) is 0.143. The van der Waals surface area contributed by atoms with Crippen molar-refractivity contribution >= 4 is 28.1 Å². The van der Waals surface area contributed by atoms with Gasteiger partial charge in [-0.25, -0.2) is 9.97 Å². The summed E-state index contributed by atoms with van der Waals surface area (Å²) in [6.45, 7) is 0. The molecule has 0 saturated heterocycles. The van der Waals surface area contributed by atoms with E-state index in [-0.39, 0.29) is 0 Å². The maximum absolute atomic E-state index is 6.47. The first-order valence-electron chi connectivity index (χ1n) is 8.23. The quantitative estimate of drug-likeness (QED) is 0.570. The number of halogens is 1. The van der Waals surface area contributed by atoms with Crippen molar-refractivity contribution in [2.45, 2.75) is 12.8 Å². The Hall–Kier alpha value is -2.65. The zero-order valence-electron chi connectivity index (χ0n) is 13.9. The summed E-state index contributed by atoms with van der Waals surface area (Å²) in [6.07, 6.45) is 8.44. The van der Waals surface area contributed by atoms with Crippen LogP contribution in [0.1, 0.15) is 18.7 Å². The van der Waals surface area contributed by atoms with E-state index in [1.54, 1.807) is 7.11 Å². The Morgan fingerprint density at radius 1 is 1.00 bits per heavy atom. The number of methoxy groups -OCH3 is 1. The lowest BCUT2D eigenvalue weighted by Crippen LogP contribution is -1.97. The molecule has 0 saturated carbocycles. The van der Waals surface area contributed by atoms with Crippen molar-refractivity contribution in [3.05, 3.63) is 71.7 Å². The number of aromatic nitrogens is 2. The second-order valence-electron chi connectivity index (χ2n) is 5.94. The average Bonchev–Trinajstić information content (AvgIpc) is 2.68. The Kier molecular flexibility index (Phi) is 4.24. The summed E-state index contributed by atoms with van der Waals surface area (Å²) in [5, 5.41) is 1.33. The van der Waals surface area contributed by atoms with Gasteiger partial charge in [0.15, 0.2) is 5.82 Å². The van der Waals surface area contributed by atoms with Crippen LogP contribution >= 0.6 is 11.6 Å². The summed E-state index contributed by atoms with van der Waals surface area (Å²) >= 11 is 6.47. The highest BCUT2D eigenvalue weighted by molar-refractivity contribution is 6.34. The van der Waals surface area contributed by atoms with Crippen molar-refractivity contribution in [3.63, 3.8) is 0 Å². The Bertz CT molecular complexity index is 1010. The van der Waals surface area contributed by atoms with Gasteiger partial charge in [0.1, 0.15) is 10.9 Å². The smallest absolute Gasteiger partial charge is 0.161 e. The van der Waals surface area contributed by atoms with E-state index in [4.69, 9.17) is 16.3 Å². The largest absolute Gasteiger partial charge is 0.497 e. The Morgan fingerprint density at radius 3 is 2.68 bits per heavy atom. The number of hydrogen-bond acceptors (Lipinski definition) is 3. The minimum absolute atomic E-state index is 0.476. The molecule has 1 aliphatic rings. The summed E-state index contributed by atoms with van der Waals surface area (Å²) < 4.78 is 5.31. The van der Waals surface area contributed by atoms with E-state index in [2.05, 4.69) is 34.3 Å². The first-order chi connectivity index (χ1) is 12.2. The van der Waals surface area contributed by atoms with Crippen molar-refractivity contribution in [1.29, 1.82) is 0 Å². The first-order valence-corrected chi connectivity index (χ1v) is 8.61. The standard InChI is InChI=1S/C21H17ClN2O/c1-25-17-9-5-8-15(12-17)16-10-11-19-18(13-16)20(22)24-21(23-19)14-6-3-2-4-7-14/h3,5-13H,2,4H2,1H3. The molecule has 0 spiro atoms. The highest BCUT2D eigenvalue weighted by Crippen LogP contribution is 2.30. The van der Waals surface area contributed by atoms with Gasteiger partial charge < -0.3 is 4.74 Å². The molecule has 0 fully saturated rings. The number of nitrogens with zero attached hydrogens (tertiary/aromatic N) is 2. The number of fused-ring (bicyclic) bond motifs is 1. The van der Waals surface area contributed by atoms with Gasteiger partial charge in [-0.05, 0) is 48.2 Å². The van der Waals surface area contributed by atoms with Gasteiger partial charge in [0.2, 0.25) is 0 Å². The van der Waals surface area contributed by atoms with Crippen LogP contribution in [0.25, 0.3) is 27.6 Å². The molecule has 3 aromatic rings. The first kappa shape index (κ1) is 15.9. The summed E-state index contributed by atoms with van der Waals surface area (Å²) in [4.78, 5) is 9.19. The van der Waals surface area contributed by atoms with Crippen LogP contribution in [-0.2, 0) is 0 Å². The molecule has 124 valence electrons. The van der Waals surface area contributed by atoms with Crippen molar-refractivity contribution < 1.29 is 4.74 Å². The van der Waals surface area contributed by atoms with Gasteiger partial charge in [-0.1, -0.05) is 48.0 Å². The molecule has 3 nitrogen and oxygen atoms in total. The number of rotatable bonds is 3. The fourth-order valence-electron chi connectivity index (χ4n) is 2.98. The molecule has 0 amide bonds. The normalized spacial score (nSPS) is 13.8. The number of benzene rings is 2. The minimum atomic E-state index is 0.476. The van der Waals surface area contributed by atoms with Gasteiger partial charge >= 0.3 is 0 Å². The van der Waals surface area contributed by atoms with E-state index in [0.717, 1.165) is 46.2 Å². The van der Waals surface area contributed by atoms with Crippen molar-refractivity contribution in [2.75, 3.05) is 7.11 Å². The monoisotopic (exact) mass is 348 g/mol. The molecule has 25 heavy (non-hydrogen) atoms. The third-order valence-electron chi connectivity index (χ3n) is 4.31. The van der Waals surface area contributed by atoms with E-state index in [1.165, 1.54) is 0 Å². The summed E-state index contributed by atoms with van der Waals surface area (Å²) in [7, 11) is 1.67. The van der Waals surface area contributed by atoms with Gasteiger partial charge in [0.05, 0.1) is 12.6 Å². The lowest BCUT2D eigenvalue weighted by Gasteiger charge is -2.10. The topological polar surface area (TPSA) is 35.0 Å². The predicted octanol–water partition coefficient (Wildman–Crippen LogP) is 5.69. The summed E-state index contributed by atoms with van der Waals surface area (Å²) in [6, 6.07) is 14.0. The SMILES string of the molecule is COc1cccc(-c2ccc3nc(C4=CCCC=C4)nc(Cl)c3c2)c1. The van der Waals surface area contributed by atoms with E-state index in [0.29, 0.717) is 11.0 Å². The fourth-order valence-corrected chi connectivity index (χ4v) is 3.21. The van der Waals surface area contributed by atoms with Crippen molar-refractivity contribution in [2.24, 2.45) is 0 Å². The molecule has 2 aromatic carbocycles. The van der Waals surface area contributed by atoms with Gasteiger partial charge in [0, 0.05) is 11.0 Å². The Morgan fingerprint density at radius 2 is 1.88 bits per heavy atom. The number of ether oxygens (including phenoxy) is 1. The number of allylic oxidation sites excluding steroid dienone is 4. The van der Waals surface area contributed by atoms with Crippen LogP contribution in [0.2, 0.25) is 5.15 Å². The van der Waals surface area contributed by atoms with Gasteiger partial charge in [-0.2, -0.15) is 0 Å².